The summed E-state index contributed by atoms with van der Waals surface area (Å²) in [6.45, 7) is 6.07. The van der Waals surface area contributed by atoms with Gasteiger partial charge < -0.3 is 15.0 Å². The molecule has 0 saturated heterocycles. The maximum absolute atomic E-state index is 13.6. The molecule has 1 amide bonds. The van der Waals surface area contributed by atoms with Crippen molar-refractivity contribution in [2.24, 2.45) is 16.2 Å². The molecule has 0 aromatic heterocycles. The van der Waals surface area contributed by atoms with Crippen molar-refractivity contribution in [1.82, 2.24) is 5.32 Å². The minimum atomic E-state index is -0.350. The molecule has 0 bridgehead atoms. The van der Waals surface area contributed by atoms with Crippen molar-refractivity contribution >= 4 is 17.3 Å². The van der Waals surface area contributed by atoms with E-state index in [1.165, 1.54) is 20.2 Å². The molecule has 1 aliphatic carbocycles. The van der Waals surface area contributed by atoms with E-state index in [4.69, 9.17) is 9.68 Å². The number of aryl methyl sites for hydroxylation is 1. The van der Waals surface area contributed by atoms with E-state index in [0.29, 0.717) is 11.1 Å². The molecule has 2 unspecified atom stereocenters. The van der Waals surface area contributed by atoms with Crippen LogP contribution < -0.4 is 5.32 Å². The molecular weight excluding hydrogens is 397 g/mol. The lowest BCUT2D eigenvalue weighted by atomic mass is 9.93. The fourth-order valence-corrected chi connectivity index (χ4v) is 3.86. The summed E-state index contributed by atoms with van der Waals surface area (Å²) in [7, 11) is 2.93. The molecule has 0 heterocycles. The van der Waals surface area contributed by atoms with Crippen molar-refractivity contribution in [2.75, 3.05) is 14.2 Å². The molecule has 1 aliphatic rings. The Labute approximate surface area is 182 Å². The van der Waals surface area contributed by atoms with Gasteiger partial charge in [-0.2, -0.15) is 0 Å². The average molecular weight is 426 g/mol. The van der Waals surface area contributed by atoms with Crippen molar-refractivity contribution in [3.05, 3.63) is 70.5 Å². The van der Waals surface area contributed by atoms with Crippen molar-refractivity contribution in [1.29, 1.82) is 0 Å². The Kier molecular flexibility index (Phi) is 6.73. The van der Waals surface area contributed by atoms with Crippen molar-refractivity contribution in [2.45, 2.75) is 39.2 Å². The maximum Gasteiger partial charge on any atom is 0.273 e. The van der Waals surface area contributed by atoms with Gasteiger partial charge in [0, 0.05) is 29.5 Å². The van der Waals surface area contributed by atoms with Gasteiger partial charge in [0.2, 0.25) is 0 Å². The summed E-state index contributed by atoms with van der Waals surface area (Å²) < 4.78 is 13.6. The molecule has 6 nitrogen and oxygen atoms in total. The van der Waals surface area contributed by atoms with E-state index in [1.807, 2.05) is 37.3 Å². The first-order valence-electron chi connectivity index (χ1n) is 10.2. The van der Waals surface area contributed by atoms with E-state index in [0.717, 1.165) is 23.3 Å². The van der Waals surface area contributed by atoms with Gasteiger partial charge in [0.25, 0.3) is 5.91 Å². The number of likely N-dealkylation sites (N-methyl/N-ethyl adjacent to an activating group) is 1. The number of nitrogens with one attached hydrogen (secondary N) is 1. The minimum absolute atomic E-state index is 0.0647. The minimum Gasteiger partial charge on any atom is -0.398 e. The standard InChI is InChI=1S/C24H28FN3O3/c1-15-12-18(10-11-21(15)25)24(3)13-20(24)16(2)27-31-14-17-8-6-7-9-19(17)22(28-30-5)23(29)26-4/h6-12,20H,13-14H2,1-5H3,(H,26,29)/b27-16+,28-22-. The van der Waals surface area contributed by atoms with Gasteiger partial charge in [0.15, 0.2) is 5.71 Å². The molecule has 3 rings (SSSR count). The predicted molar refractivity (Wildman–Crippen MR) is 119 cm³/mol. The lowest BCUT2D eigenvalue weighted by Gasteiger charge is -2.13. The highest BCUT2D eigenvalue weighted by Crippen LogP contribution is 2.54. The molecule has 2 aromatic rings. The van der Waals surface area contributed by atoms with Gasteiger partial charge >= 0.3 is 0 Å². The molecular formula is C24H28FN3O3. The largest absolute Gasteiger partial charge is 0.398 e. The predicted octanol–water partition coefficient (Wildman–Crippen LogP) is 4.10. The third-order valence-electron chi connectivity index (χ3n) is 5.88. The highest BCUT2D eigenvalue weighted by molar-refractivity contribution is 6.45. The Morgan fingerprint density at radius 3 is 2.68 bits per heavy atom. The average Bonchev–Trinajstić information content (AvgIpc) is 3.47. The zero-order valence-corrected chi connectivity index (χ0v) is 18.5. The number of hydrogen-bond acceptors (Lipinski definition) is 5. The number of rotatable bonds is 8. The van der Waals surface area contributed by atoms with Gasteiger partial charge in [-0.25, -0.2) is 4.39 Å². The van der Waals surface area contributed by atoms with Crippen LogP contribution in [-0.4, -0.2) is 31.5 Å². The number of halogens is 1. The molecule has 31 heavy (non-hydrogen) atoms. The molecule has 1 saturated carbocycles. The molecule has 1 fully saturated rings. The van der Waals surface area contributed by atoms with Crippen LogP contribution in [0, 0.1) is 18.7 Å². The molecule has 7 heteroatoms. The van der Waals surface area contributed by atoms with Gasteiger partial charge in [0.05, 0.1) is 5.71 Å². The fourth-order valence-electron chi connectivity index (χ4n) is 3.86. The van der Waals surface area contributed by atoms with Crippen LogP contribution in [0.25, 0.3) is 0 Å². The monoisotopic (exact) mass is 425 g/mol. The Morgan fingerprint density at radius 2 is 2.00 bits per heavy atom. The summed E-state index contributed by atoms with van der Waals surface area (Å²) in [5.74, 6) is -0.300. The van der Waals surface area contributed by atoms with E-state index >= 15 is 0 Å². The molecule has 164 valence electrons. The van der Waals surface area contributed by atoms with Gasteiger partial charge in [-0.05, 0) is 37.5 Å². The zero-order chi connectivity index (χ0) is 22.6. The second-order valence-corrected chi connectivity index (χ2v) is 8.00. The van der Waals surface area contributed by atoms with E-state index in [2.05, 4.69) is 22.6 Å². The molecule has 2 aromatic carbocycles. The highest BCUT2D eigenvalue weighted by Gasteiger charge is 2.53. The Bertz CT molecular complexity index is 1030. The fraction of sp³-hybridized carbons (Fsp3) is 0.375. The maximum atomic E-state index is 13.6. The van der Waals surface area contributed by atoms with Crippen molar-refractivity contribution in [3.8, 4) is 0 Å². The van der Waals surface area contributed by atoms with Crippen LogP contribution >= 0.6 is 0 Å². The van der Waals surface area contributed by atoms with Crippen LogP contribution in [-0.2, 0) is 26.5 Å². The van der Waals surface area contributed by atoms with Crippen LogP contribution in [0.1, 0.15) is 42.5 Å². The topological polar surface area (TPSA) is 72.3 Å². The second kappa shape index (κ2) is 9.29. The normalized spacial score (nSPS) is 20.9. The van der Waals surface area contributed by atoms with E-state index in [-0.39, 0.29) is 35.4 Å². The number of benzene rings is 2. The second-order valence-electron chi connectivity index (χ2n) is 8.00. The Hall–Kier alpha value is -3.22. The molecule has 0 radical (unpaired) electrons. The first-order chi connectivity index (χ1) is 14.8. The van der Waals surface area contributed by atoms with Crippen molar-refractivity contribution in [3.63, 3.8) is 0 Å². The quantitative estimate of drug-likeness (QED) is 0.511. The highest BCUT2D eigenvalue weighted by atomic mass is 19.1. The van der Waals surface area contributed by atoms with Crippen LogP contribution in [0.15, 0.2) is 52.8 Å². The van der Waals surface area contributed by atoms with Crippen LogP contribution in [0.4, 0.5) is 4.39 Å². The smallest absolute Gasteiger partial charge is 0.273 e. The van der Waals surface area contributed by atoms with E-state index in [9.17, 15) is 9.18 Å². The van der Waals surface area contributed by atoms with Gasteiger partial charge in [0.1, 0.15) is 19.5 Å². The van der Waals surface area contributed by atoms with Crippen LogP contribution in [0.5, 0.6) is 0 Å². The molecule has 0 spiro atoms. The number of amides is 1. The van der Waals surface area contributed by atoms with Crippen LogP contribution in [0.2, 0.25) is 0 Å². The number of carbonyl (C=O) groups is 1. The Balaban J connectivity index is 1.71. The lowest BCUT2D eigenvalue weighted by molar-refractivity contribution is -0.114. The first-order valence-corrected chi connectivity index (χ1v) is 10.2. The van der Waals surface area contributed by atoms with Gasteiger partial charge in [-0.1, -0.05) is 53.6 Å². The zero-order valence-electron chi connectivity index (χ0n) is 18.5. The summed E-state index contributed by atoms with van der Waals surface area (Å²) in [4.78, 5) is 22.6. The number of nitrogens with zero attached hydrogens (tertiary/aromatic N) is 2. The summed E-state index contributed by atoms with van der Waals surface area (Å²) in [5, 5.41) is 10.7. The number of hydrogen-bond donors (Lipinski definition) is 1. The van der Waals surface area contributed by atoms with Gasteiger partial charge in [-0.15, -0.1) is 0 Å². The van der Waals surface area contributed by atoms with Crippen molar-refractivity contribution < 1.29 is 18.9 Å². The third kappa shape index (κ3) is 4.76. The van der Waals surface area contributed by atoms with Gasteiger partial charge in [-0.3, -0.25) is 4.79 Å². The molecule has 0 aliphatic heterocycles. The molecule has 1 N–H and O–H groups in total. The third-order valence-corrected chi connectivity index (χ3v) is 5.88. The first kappa shape index (κ1) is 22.5. The number of oxime groups is 2. The summed E-state index contributed by atoms with van der Waals surface area (Å²) in [6, 6.07) is 12.6. The number of carbonyl (C=O) groups excluding carboxylic acids is 1. The summed E-state index contributed by atoms with van der Waals surface area (Å²) in [6.07, 6.45) is 0.939. The van der Waals surface area contributed by atoms with E-state index < -0.39 is 0 Å². The summed E-state index contributed by atoms with van der Waals surface area (Å²) in [5.41, 5.74) is 4.15. The van der Waals surface area contributed by atoms with E-state index in [1.54, 1.807) is 13.0 Å². The Morgan fingerprint density at radius 1 is 1.26 bits per heavy atom. The van der Waals surface area contributed by atoms with Crippen LogP contribution in [0.3, 0.4) is 0 Å². The molecule has 2 atom stereocenters. The summed E-state index contributed by atoms with van der Waals surface area (Å²) >= 11 is 0. The SMILES string of the molecule is CNC(=O)/C(=N\OC)c1ccccc1CO/N=C(\C)C1CC1(C)c1ccc(F)c(C)c1. The lowest BCUT2D eigenvalue weighted by Crippen LogP contribution is -2.29.